The Morgan fingerprint density at radius 3 is 2.55 bits per heavy atom. The average Bonchev–Trinajstić information content (AvgIpc) is 2.76. The molecular formula is C11H8ClF4N3S. The molecule has 1 unspecified atom stereocenters. The smallest absolute Gasteiger partial charge is 0.353 e. The molecule has 1 aromatic heterocycles. The van der Waals surface area contributed by atoms with E-state index < -0.39 is 23.0 Å². The number of hydrogen-bond acceptors (Lipinski definition) is 4. The monoisotopic (exact) mass is 325 g/mol. The topological polar surface area (TPSA) is 37.8 Å². The SMILES string of the molecule is CC(Nc1nnc(C(F)(F)F)s1)c1c(F)cccc1Cl. The summed E-state index contributed by atoms with van der Waals surface area (Å²) in [6.07, 6.45) is -4.55. The lowest BCUT2D eigenvalue weighted by atomic mass is 10.1. The van der Waals surface area contributed by atoms with Crippen molar-refractivity contribution in [1.82, 2.24) is 10.2 Å². The highest BCUT2D eigenvalue weighted by Gasteiger charge is 2.35. The van der Waals surface area contributed by atoms with Crippen LogP contribution in [0, 0.1) is 5.82 Å². The van der Waals surface area contributed by atoms with E-state index in [9.17, 15) is 17.6 Å². The van der Waals surface area contributed by atoms with Gasteiger partial charge in [0, 0.05) is 10.6 Å². The lowest BCUT2D eigenvalue weighted by Crippen LogP contribution is -2.09. The van der Waals surface area contributed by atoms with Crippen LogP contribution in [0.3, 0.4) is 0 Å². The number of rotatable bonds is 3. The van der Waals surface area contributed by atoms with Crippen LogP contribution in [-0.4, -0.2) is 10.2 Å². The zero-order valence-corrected chi connectivity index (χ0v) is 11.6. The first-order chi connectivity index (χ1) is 9.29. The number of nitrogens with zero attached hydrogens (tertiary/aromatic N) is 2. The van der Waals surface area contributed by atoms with Crippen molar-refractivity contribution in [2.75, 3.05) is 5.32 Å². The Hall–Kier alpha value is -1.41. The molecule has 20 heavy (non-hydrogen) atoms. The molecule has 108 valence electrons. The fourth-order valence-electron chi connectivity index (χ4n) is 1.58. The van der Waals surface area contributed by atoms with Crippen molar-refractivity contribution in [2.45, 2.75) is 19.1 Å². The van der Waals surface area contributed by atoms with Crippen molar-refractivity contribution in [2.24, 2.45) is 0 Å². The van der Waals surface area contributed by atoms with Crippen molar-refractivity contribution >= 4 is 28.1 Å². The Kier molecular flexibility index (Phi) is 4.14. The molecule has 0 radical (unpaired) electrons. The molecule has 0 saturated heterocycles. The number of anilines is 1. The number of hydrogen-bond donors (Lipinski definition) is 1. The van der Waals surface area contributed by atoms with Crippen LogP contribution in [0.15, 0.2) is 18.2 Å². The van der Waals surface area contributed by atoms with Crippen LogP contribution < -0.4 is 5.32 Å². The molecule has 1 aromatic carbocycles. The van der Waals surface area contributed by atoms with E-state index in [1.165, 1.54) is 18.2 Å². The van der Waals surface area contributed by atoms with Gasteiger partial charge in [-0.05, 0) is 19.1 Å². The molecule has 0 saturated carbocycles. The second-order valence-corrected chi connectivity index (χ2v) is 5.30. The summed E-state index contributed by atoms with van der Waals surface area (Å²) in [5, 5.41) is 8.14. The van der Waals surface area contributed by atoms with Gasteiger partial charge in [0.15, 0.2) is 0 Å². The first kappa shape index (κ1) is 15.0. The van der Waals surface area contributed by atoms with Crippen LogP contribution in [0.5, 0.6) is 0 Å². The molecule has 1 atom stereocenters. The summed E-state index contributed by atoms with van der Waals surface area (Å²) in [4.78, 5) is 0. The van der Waals surface area contributed by atoms with Crippen LogP contribution in [0.25, 0.3) is 0 Å². The summed E-state index contributed by atoms with van der Waals surface area (Å²) in [5.41, 5.74) is 0.165. The Labute approximate surface area is 120 Å². The summed E-state index contributed by atoms with van der Waals surface area (Å²) in [6.45, 7) is 1.57. The Morgan fingerprint density at radius 2 is 2.00 bits per heavy atom. The van der Waals surface area contributed by atoms with Gasteiger partial charge in [-0.1, -0.05) is 29.0 Å². The van der Waals surface area contributed by atoms with Gasteiger partial charge in [0.2, 0.25) is 10.1 Å². The minimum Gasteiger partial charge on any atom is -0.353 e. The van der Waals surface area contributed by atoms with Gasteiger partial charge >= 0.3 is 6.18 Å². The van der Waals surface area contributed by atoms with Gasteiger partial charge in [0.1, 0.15) is 5.82 Å². The number of benzene rings is 1. The lowest BCUT2D eigenvalue weighted by molar-refractivity contribution is -0.138. The van der Waals surface area contributed by atoms with Crippen LogP contribution in [0.4, 0.5) is 22.7 Å². The van der Waals surface area contributed by atoms with Gasteiger partial charge in [0.05, 0.1) is 6.04 Å². The van der Waals surface area contributed by atoms with E-state index in [0.29, 0.717) is 11.3 Å². The molecule has 0 fully saturated rings. The van der Waals surface area contributed by atoms with Gasteiger partial charge in [0.25, 0.3) is 0 Å². The van der Waals surface area contributed by atoms with E-state index in [2.05, 4.69) is 15.5 Å². The van der Waals surface area contributed by atoms with Crippen LogP contribution in [-0.2, 0) is 6.18 Å². The zero-order valence-electron chi connectivity index (χ0n) is 10.0. The molecule has 9 heteroatoms. The predicted molar refractivity (Wildman–Crippen MR) is 68.4 cm³/mol. The first-order valence-corrected chi connectivity index (χ1v) is 6.59. The van der Waals surface area contributed by atoms with Crippen LogP contribution >= 0.6 is 22.9 Å². The second-order valence-electron chi connectivity index (χ2n) is 3.91. The van der Waals surface area contributed by atoms with Gasteiger partial charge in [-0.2, -0.15) is 13.2 Å². The third kappa shape index (κ3) is 3.18. The van der Waals surface area contributed by atoms with E-state index >= 15 is 0 Å². The molecule has 0 aliphatic carbocycles. The molecule has 1 heterocycles. The molecule has 0 aliphatic rings. The summed E-state index contributed by atoms with van der Waals surface area (Å²) in [5.74, 6) is -0.543. The molecular weight excluding hydrogens is 318 g/mol. The maximum atomic E-state index is 13.7. The van der Waals surface area contributed by atoms with Crippen LogP contribution in [0.1, 0.15) is 23.5 Å². The lowest BCUT2D eigenvalue weighted by Gasteiger charge is -2.15. The zero-order chi connectivity index (χ0) is 14.9. The quantitative estimate of drug-likeness (QED) is 0.843. The minimum absolute atomic E-state index is 0.0517. The molecule has 0 aliphatic heterocycles. The van der Waals surface area contributed by atoms with Gasteiger partial charge < -0.3 is 5.32 Å². The molecule has 2 rings (SSSR count). The largest absolute Gasteiger partial charge is 0.445 e. The summed E-state index contributed by atoms with van der Waals surface area (Å²) in [7, 11) is 0. The van der Waals surface area contributed by atoms with Gasteiger partial charge in [-0.3, -0.25) is 0 Å². The third-order valence-corrected chi connectivity index (χ3v) is 3.67. The van der Waals surface area contributed by atoms with Crippen molar-refractivity contribution < 1.29 is 17.6 Å². The van der Waals surface area contributed by atoms with E-state index in [1.807, 2.05) is 0 Å². The highest BCUT2D eigenvalue weighted by molar-refractivity contribution is 7.15. The van der Waals surface area contributed by atoms with E-state index in [0.717, 1.165) is 0 Å². The normalized spacial score (nSPS) is 13.3. The predicted octanol–water partition coefficient (Wildman–Crippen LogP) is 4.52. The molecule has 0 bridgehead atoms. The van der Waals surface area contributed by atoms with Gasteiger partial charge in [-0.15, -0.1) is 10.2 Å². The molecule has 3 nitrogen and oxygen atoms in total. The number of nitrogens with one attached hydrogen (secondary N) is 1. The molecule has 0 amide bonds. The molecule has 0 spiro atoms. The fraction of sp³-hybridized carbons (Fsp3) is 0.273. The number of aromatic nitrogens is 2. The van der Waals surface area contributed by atoms with Crippen LogP contribution in [0.2, 0.25) is 5.02 Å². The number of alkyl halides is 3. The fourth-order valence-corrected chi connectivity index (χ4v) is 2.60. The van der Waals surface area contributed by atoms with Crippen molar-refractivity contribution in [3.63, 3.8) is 0 Å². The maximum absolute atomic E-state index is 13.7. The highest BCUT2D eigenvalue weighted by atomic mass is 35.5. The summed E-state index contributed by atoms with van der Waals surface area (Å²) in [6, 6.07) is 3.53. The average molecular weight is 326 g/mol. The van der Waals surface area contributed by atoms with E-state index in [1.54, 1.807) is 6.92 Å². The van der Waals surface area contributed by atoms with E-state index in [4.69, 9.17) is 11.6 Å². The first-order valence-electron chi connectivity index (χ1n) is 5.40. The Balaban J connectivity index is 2.20. The van der Waals surface area contributed by atoms with Gasteiger partial charge in [-0.25, -0.2) is 4.39 Å². The maximum Gasteiger partial charge on any atom is 0.445 e. The standard InChI is InChI=1S/C11H8ClF4N3S/c1-5(8-6(12)3-2-4-7(8)13)17-10-19-18-9(20-10)11(14,15)16/h2-5H,1H3,(H,17,19). The highest BCUT2D eigenvalue weighted by Crippen LogP contribution is 2.35. The number of halogens is 5. The van der Waals surface area contributed by atoms with Crippen molar-refractivity contribution in [3.05, 3.63) is 39.6 Å². The summed E-state index contributed by atoms with van der Waals surface area (Å²) >= 11 is 6.23. The summed E-state index contributed by atoms with van der Waals surface area (Å²) < 4.78 is 50.8. The van der Waals surface area contributed by atoms with Crippen molar-refractivity contribution in [3.8, 4) is 0 Å². The third-order valence-electron chi connectivity index (χ3n) is 2.44. The Bertz CT molecular complexity index is 594. The van der Waals surface area contributed by atoms with Crippen molar-refractivity contribution in [1.29, 1.82) is 0 Å². The molecule has 1 N–H and O–H groups in total. The Morgan fingerprint density at radius 1 is 1.30 bits per heavy atom. The minimum atomic E-state index is -4.55. The molecule has 2 aromatic rings. The second kappa shape index (κ2) is 5.53. The van der Waals surface area contributed by atoms with E-state index in [-0.39, 0.29) is 15.7 Å².